The lowest BCUT2D eigenvalue weighted by atomic mass is 9.87. The van der Waals surface area contributed by atoms with Gasteiger partial charge in [0.25, 0.3) is 0 Å². The van der Waals surface area contributed by atoms with Gasteiger partial charge in [0, 0.05) is 30.6 Å². The van der Waals surface area contributed by atoms with Crippen LogP contribution in [-0.2, 0) is 4.79 Å². The molecule has 15 heavy (non-hydrogen) atoms. The quantitative estimate of drug-likeness (QED) is 0.725. The fourth-order valence-electron chi connectivity index (χ4n) is 2.38. The van der Waals surface area contributed by atoms with Gasteiger partial charge >= 0.3 is 0 Å². The molecule has 0 aromatic rings. The molecule has 2 atom stereocenters. The van der Waals surface area contributed by atoms with Gasteiger partial charge in [0.2, 0.25) is 5.91 Å². The predicted molar refractivity (Wildman–Crippen MR) is 64.1 cm³/mol. The van der Waals surface area contributed by atoms with E-state index < -0.39 is 0 Å². The molecule has 2 unspecified atom stereocenters. The third-order valence-corrected chi connectivity index (χ3v) is 4.70. The molecule has 2 saturated heterocycles. The fourth-order valence-corrected chi connectivity index (χ4v) is 3.39. The summed E-state index contributed by atoms with van der Waals surface area (Å²) in [5.41, 5.74) is -0.143. The Morgan fingerprint density at radius 1 is 1.60 bits per heavy atom. The lowest BCUT2D eigenvalue weighted by molar-refractivity contribution is -0.141. The molecule has 0 aromatic heterocycles. The summed E-state index contributed by atoms with van der Waals surface area (Å²) in [7, 11) is 0. The molecule has 0 saturated carbocycles. The molecule has 2 fully saturated rings. The first-order valence-corrected chi connectivity index (χ1v) is 6.88. The van der Waals surface area contributed by atoms with Crippen LogP contribution in [0.2, 0.25) is 0 Å². The third-order valence-electron chi connectivity index (χ3n) is 3.51. The Labute approximate surface area is 96.0 Å². The minimum Gasteiger partial charge on any atom is -0.338 e. The molecule has 0 aromatic carbocycles. The van der Waals surface area contributed by atoms with Gasteiger partial charge in [0.05, 0.1) is 5.41 Å². The van der Waals surface area contributed by atoms with Crippen LogP contribution in [0.3, 0.4) is 0 Å². The van der Waals surface area contributed by atoms with Crippen molar-refractivity contribution in [3.05, 3.63) is 0 Å². The van der Waals surface area contributed by atoms with Crippen molar-refractivity contribution in [2.75, 3.05) is 31.1 Å². The number of amides is 1. The zero-order chi connectivity index (χ0) is 10.9. The van der Waals surface area contributed by atoms with Crippen molar-refractivity contribution in [3.63, 3.8) is 0 Å². The Morgan fingerprint density at radius 2 is 2.40 bits per heavy atom. The summed E-state index contributed by atoms with van der Waals surface area (Å²) in [4.78, 5) is 14.5. The molecule has 0 aliphatic carbocycles. The van der Waals surface area contributed by atoms with Crippen LogP contribution in [0, 0.1) is 5.41 Å². The molecule has 0 spiro atoms. The van der Waals surface area contributed by atoms with E-state index in [-0.39, 0.29) is 5.41 Å². The van der Waals surface area contributed by atoms with Gasteiger partial charge in [-0.05, 0) is 26.8 Å². The fraction of sp³-hybridized carbons (Fsp3) is 0.909. The Morgan fingerprint density at radius 3 is 3.00 bits per heavy atom. The number of hydrogen-bond donors (Lipinski definition) is 1. The van der Waals surface area contributed by atoms with Crippen molar-refractivity contribution >= 4 is 17.7 Å². The average Bonchev–Trinajstić information content (AvgIpc) is 2.66. The summed E-state index contributed by atoms with van der Waals surface area (Å²) in [6.45, 7) is 7.03. The molecule has 2 rings (SSSR count). The zero-order valence-corrected chi connectivity index (χ0v) is 10.4. The van der Waals surface area contributed by atoms with Crippen LogP contribution in [0.5, 0.6) is 0 Å². The monoisotopic (exact) mass is 228 g/mol. The van der Waals surface area contributed by atoms with Crippen LogP contribution in [0.4, 0.5) is 0 Å². The second kappa shape index (κ2) is 4.34. The smallest absolute Gasteiger partial charge is 0.230 e. The number of carbonyl (C=O) groups excluding carboxylic acids is 1. The minimum absolute atomic E-state index is 0.143. The molecule has 86 valence electrons. The second-order valence-electron chi connectivity index (χ2n) is 4.91. The van der Waals surface area contributed by atoms with E-state index >= 15 is 0 Å². The van der Waals surface area contributed by atoms with E-state index in [1.54, 1.807) is 0 Å². The van der Waals surface area contributed by atoms with Gasteiger partial charge in [-0.15, -0.1) is 0 Å². The van der Waals surface area contributed by atoms with E-state index in [9.17, 15) is 4.79 Å². The van der Waals surface area contributed by atoms with Crippen LogP contribution in [0.15, 0.2) is 0 Å². The predicted octanol–water partition coefficient (Wildman–Crippen LogP) is 0.950. The molecule has 1 N–H and O–H groups in total. The number of nitrogens with one attached hydrogen (secondary N) is 1. The number of nitrogens with zero attached hydrogens (tertiary/aromatic N) is 1. The highest BCUT2D eigenvalue weighted by Crippen LogP contribution is 2.29. The van der Waals surface area contributed by atoms with Crippen molar-refractivity contribution in [3.8, 4) is 0 Å². The first kappa shape index (κ1) is 11.3. The minimum atomic E-state index is -0.143. The number of carbonyl (C=O) groups is 1. The van der Waals surface area contributed by atoms with Gasteiger partial charge in [-0.25, -0.2) is 0 Å². The molecular formula is C11H20N2OS. The number of rotatable bonds is 1. The van der Waals surface area contributed by atoms with E-state index in [1.165, 1.54) is 0 Å². The van der Waals surface area contributed by atoms with Crippen LogP contribution in [0.1, 0.15) is 20.3 Å². The van der Waals surface area contributed by atoms with E-state index in [4.69, 9.17) is 0 Å². The summed E-state index contributed by atoms with van der Waals surface area (Å²) >= 11 is 1.96. The largest absolute Gasteiger partial charge is 0.338 e. The van der Waals surface area contributed by atoms with E-state index in [0.29, 0.717) is 11.9 Å². The second-order valence-corrected chi connectivity index (χ2v) is 6.06. The number of thioether (sulfide) groups is 1. The van der Waals surface area contributed by atoms with Crippen molar-refractivity contribution in [2.45, 2.75) is 26.3 Å². The highest BCUT2D eigenvalue weighted by atomic mass is 32.2. The van der Waals surface area contributed by atoms with Crippen molar-refractivity contribution in [2.24, 2.45) is 5.41 Å². The molecule has 1 amide bonds. The Kier molecular flexibility index (Phi) is 3.26. The van der Waals surface area contributed by atoms with Crippen LogP contribution in [0.25, 0.3) is 0 Å². The summed E-state index contributed by atoms with van der Waals surface area (Å²) in [6.07, 6.45) is 0.988. The molecule has 3 nitrogen and oxygen atoms in total. The van der Waals surface area contributed by atoms with Gasteiger partial charge < -0.3 is 10.2 Å². The molecule has 0 bridgehead atoms. The topological polar surface area (TPSA) is 32.3 Å². The number of hydrogen-bond acceptors (Lipinski definition) is 3. The highest BCUT2D eigenvalue weighted by molar-refractivity contribution is 7.99. The lowest BCUT2D eigenvalue weighted by Gasteiger charge is -2.38. The Bertz CT molecular complexity index is 251. The van der Waals surface area contributed by atoms with Gasteiger partial charge in [-0.1, -0.05) is 0 Å². The summed E-state index contributed by atoms with van der Waals surface area (Å²) in [5, 5.41) is 3.29. The van der Waals surface area contributed by atoms with E-state index in [1.807, 2.05) is 11.8 Å². The molecule has 0 radical (unpaired) electrons. The van der Waals surface area contributed by atoms with Gasteiger partial charge in [0.15, 0.2) is 0 Å². The average molecular weight is 228 g/mol. The van der Waals surface area contributed by atoms with Crippen molar-refractivity contribution in [1.82, 2.24) is 10.2 Å². The SMILES string of the molecule is CC1CSCCN1C(=O)C1(C)CCNC1. The van der Waals surface area contributed by atoms with Crippen molar-refractivity contribution in [1.29, 1.82) is 0 Å². The van der Waals surface area contributed by atoms with Crippen LogP contribution in [-0.4, -0.2) is 48.0 Å². The summed E-state index contributed by atoms with van der Waals surface area (Å²) in [6, 6.07) is 0.411. The van der Waals surface area contributed by atoms with E-state index in [0.717, 1.165) is 37.6 Å². The van der Waals surface area contributed by atoms with Crippen LogP contribution < -0.4 is 5.32 Å². The third kappa shape index (κ3) is 2.16. The Hall–Kier alpha value is -0.220. The van der Waals surface area contributed by atoms with Gasteiger partial charge in [-0.2, -0.15) is 11.8 Å². The standard InChI is InChI=1S/C11H20N2OS/c1-9-7-15-6-5-13(9)10(14)11(2)3-4-12-8-11/h9,12H,3-8H2,1-2H3. The van der Waals surface area contributed by atoms with Crippen molar-refractivity contribution < 1.29 is 4.79 Å². The summed E-state index contributed by atoms with van der Waals surface area (Å²) in [5.74, 6) is 2.55. The Balaban J connectivity index is 2.05. The maximum atomic E-state index is 12.4. The molecule has 4 heteroatoms. The normalized spacial score (nSPS) is 36.9. The molecule has 2 heterocycles. The van der Waals surface area contributed by atoms with E-state index in [2.05, 4.69) is 24.1 Å². The molecular weight excluding hydrogens is 208 g/mol. The molecule has 2 aliphatic rings. The zero-order valence-electron chi connectivity index (χ0n) is 9.58. The molecule has 2 aliphatic heterocycles. The maximum Gasteiger partial charge on any atom is 0.230 e. The first-order chi connectivity index (χ1) is 7.13. The van der Waals surface area contributed by atoms with Crippen LogP contribution >= 0.6 is 11.8 Å². The lowest BCUT2D eigenvalue weighted by Crippen LogP contribution is -2.51. The maximum absolute atomic E-state index is 12.4. The van der Waals surface area contributed by atoms with Gasteiger partial charge in [-0.3, -0.25) is 4.79 Å². The first-order valence-electron chi connectivity index (χ1n) is 5.73. The highest BCUT2D eigenvalue weighted by Gasteiger charge is 2.40. The summed E-state index contributed by atoms with van der Waals surface area (Å²) < 4.78 is 0. The van der Waals surface area contributed by atoms with Gasteiger partial charge in [0.1, 0.15) is 0 Å².